The van der Waals surface area contributed by atoms with Gasteiger partial charge in [-0.25, -0.2) is 9.07 Å². The Labute approximate surface area is 178 Å². The van der Waals surface area contributed by atoms with E-state index < -0.39 is 0 Å². The molecular weight excluding hydrogens is 399 g/mol. The number of ether oxygens (including phenoxy) is 2. The summed E-state index contributed by atoms with van der Waals surface area (Å²) in [7, 11) is 3.08. The summed E-state index contributed by atoms with van der Waals surface area (Å²) in [6, 6.07) is 14.8. The number of carbonyl (C=O) groups is 1. The Morgan fingerprint density at radius 1 is 1.03 bits per heavy atom. The molecule has 0 bridgehead atoms. The Kier molecular flexibility index (Phi) is 5.44. The summed E-state index contributed by atoms with van der Waals surface area (Å²) in [6.45, 7) is 1.75. The fourth-order valence-electron chi connectivity index (χ4n) is 3.35. The monoisotopic (exact) mass is 420 g/mol. The molecule has 1 amide bonds. The van der Waals surface area contributed by atoms with Crippen molar-refractivity contribution in [1.82, 2.24) is 14.3 Å². The van der Waals surface area contributed by atoms with Crippen LogP contribution in [0.5, 0.6) is 11.5 Å². The lowest BCUT2D eigenvalue weighted by atomic mass is 10.2. The van der Waals surface area contributed by atoms with Gasteiger partial charge in [-0.05, 0) is 55.5 Å². The van der Waals surface area contributed by atoms with E-state index in [9.17, 15) is 9.18 Å². The Hall–Kier alpha value is -4.07. The van der Waals surface area contributed by atoms with Crippen LogP contribution in [0.4, 0.5) is 10.1 Å². The molecule has 0 aliphatic rings. The number of amides is 1. The molecule has 2 aromatic heterocycles. The Morgan fingerprint density at radius 3 is 2.39 bits per heavy atom. The van der Waals surface area contributed by atoms with Crippen LogP contribution in [0.2, 0.25) is 0 Å². The van der Waals surface area contributed by atoms with E-state index >= 15 is 0 Å². The molecule has 4 rings (SSSR count). The number of nitrogens with one attached hydrogen (secondary N) is 1. The van der Waals surface area contributed by atoms with Crippen LogP contribution in [0, 0.1) is 12.7 Å². The number of rotatable bonds is 6. The van der Waals surface area contributed by atoms with E-state index in [1.165, 1.54) is 19.2 Å². The SMILES string of the molecule is COc1ccc(OC)c(NC(=O)c2c(C)nn(-c3ccc(F)cc3)c2-n2cccc2)c1. The van der Waals surface area contributed by atoms with Gasteiger partial charge in [-0.3, -0.25) is 4.79 Å². The first-order valence-corrected chi connectivity index (χ1v) is 9.54. The molecule has 31 heavy (non-hydrogen) atoms. The third-order valence-corrected chi connectivity index (χ3v) is 4.84. The number of halogens is 1. The number of nitrogens with zero attached hydrogens (tertiary/aromatic N) is 3. The highest BCUT2D eigenvalue weighted by Crippen LogP contribution is 2.31. The number of benzene rings is 2. The van der Waals surface area contributed by atoms with Crippen molar-refractivity contribution in [3.05, 3.63) is 84.1 Å². The molecule has 2 heterocycles. The molecule has 7 nitrogen and oxygen atoms in total. The van der Waals surface area contributed by atoms with Gasteiger partial charge in [0.2, 0.25) is 0 Å². The fraction of sp³-hybridized carbons (Fsp3) is 0.130. The molecule has 0 saturated carbocycles. The highest BCUT2D eigenvalue weighted by molar-refractivity contribution is 6.08. The summed E-state index contributed by atoms with van der Waals surface area (Å²) in [5.74, 6) is 0.911. The molecule has 0 fully saturated rings. The summed E-state index contributed by atoms with van der Waals surface area (Å²) in [5.41, 5.74) is 2.00. The lowest BCUT2D eigenvalue weighted by Crippen LogP contribution is -2.16. The third kappa shape index (κ3) is 3.87. The zero-order valence-corrected chi connectivity index (χ0v) is 17.3. The molecule has 0 unspecified atom stereocenters. The van der Waals surface area contributed by atoms with Crippen molar-refractivity contribution in [3.63, 3.8) is 0 Å². The van der Waals surface area contributed by atoms with E-state index in [0.29, 0.717) is 39.9 Å². The molecular formula is C23H21FN4O3. The molecule has 158 valence electrons. The molecule has 0 aliphatic heterocycles. The minimum Gasteiger partial charge on any atom is -0.497 e. The van der Waals surface area contributed by atoms with Gasteiger partial charge in [0.25, 0.3) is 5.91 Å². The number of anilines is 1. The standard InChI is InChI=1S/C23H21FN4O3/c1-15-21(22(29)25-19-14-18(30-2)10-11-20(19)31-3)23(27-12-4-5-13-27)28(26-15)17-8-6-16(24)7-9-17/h4-14H,1-3H3,(H,25,29). The van der Waals surface area contributed by atoms with E-state index in [1.807, 2.05) is 24.5 Å². The zero-order chi connectivity index (χ0) is 22.0. The van der Waals surface area contributed by atoms with Crippen LogP contribution < -0.4 is 14.8 Å². The second-order valence-electron chi connectivity index (χ2n) is 6.78. The van der Waals surface area contributed by atoms with E-state index in [2.05, 4.69) is 10.4 Å². The summed E-state index contributed by atoms with van der Waals surface area (Å²) in [4.78, 5) is 13.4. The van der Waals surface area contributed by atoms with Gasteiger partial charge in [-0.15, -0.1) is 0 Å². The lowest BCUT2D eigenvalue weighted by molar-refractivity contribution is 0.102. The highest BCUT2D eigenvalue weighted by atomic mass is 19.1. The third-order valence-electron chi connectivity index (χ3n) is 4.84. The number of hydrogen-bond donors (Lipinski definition) is 1. The van der Waals surface area contributed by atoms with Gasteiger partial charge < -0.3 is 19.4 Å². The smallest absolute Gasteiger partial charge is 0.261 e. The summed E-state index contributed by atoms with van der Waals surface area (Å²) in [5, 5.41) is 7.46. The second-order valence-corrected chi connectivity index (χ2v) is 6.78. The predicted octanol–water partition coefficient (Wildman–Crippen LogP) is 4.38. The minimum atomic E-state index is -0.360. The van der Waals surface area contributed by atoms with Crippen molar-refractivity contribution >= 4 is 11.6 Å². The largest absolute Gasteiger partial charge is 0.497 e. The first kappa shape index (κ1) is 20.2. The van der Waals surface area contributed by atoms with Crippen LogP contribution in [0.1, 0.15) is 16.1 Å². The number of aromatic nitrogens is 3. The average Bonchev–Trinajstić information content (AvgIpc) is 3.41. The van der Waals surface area contributed by atoms with E-state index in [-0.39, 0.29) is 11.7 Å². The van der Waals surface area contributed by atoms with Crippen LogP contribution in [0.3, 0.4) is 0 Å². The van der Waals surface area contributed by atoms with Gasteiger partial charge in [0.1, 0.15) is 22.9 Å². The Bertz CT molecular complexity index is 1210. The quantitative estimate of drug-likeness (QED) is 0.503. The first-order chi connectivity index (χ1) is 15.0. The molecule has 0 aliphatic carbocycles. The zero-order valence-electron chi connectivity index (χ0n) is 17.3. The second kappa shape index (κ2) is 8.35. The molecule has 0 saturated heterocycles. The van der Waals surface area contributed by atoms with Crippen molar-refractivity contribution in [2.24, 2.45) is 0 Å². The molecule has 8 heteroatoms. The van der Waals surface area contributed by atoms with Crippen molar-refractivity contribution in [2.75, 3.05) is 19.5 Å². The maximum atomic E-state index is 13.4. The Balaban J connectivity index is 1.82. The van der Waals surface area contributed by atoms with Crippen LogP contribution in [-0.4, -0.2) is 34.5 Å². The van der Waals surface area contributed by atoms with Gasteiger partial charge in [0.15, 0.2) is 5.82 Å². The van der Waals surface area contributed by atoms with Crippen molar-refractivity contribution in [1.29, 1.82) is 0 Å². The predicted molar refractivity (Wildman–Crippen MR) is 115 cm³/mol. The maximum Gasteiger partial charge on any atom is 0.261 e. The molecule has 0 radical (unpaired) electrons. The van der Waals surface area contributed by atoms with E-state index in [1.54, 1.807) is 53.6 Å². The number of aryl methyl sites for hydroxylation is 1. The van der Waals surface area contributed by atoms with Crippen LogP contribution >= 0.6 is 0 Å². The normalized spacial score (nSPS) is 10.7. The summed E-state index contributed by atoms with van der Waals surface area (Å²) < 4.78 is 27.5. The van der Waals surface area contributed by atoms with Gasteiger partial charge in [-0.2, -0.15) is 5.10 Å². The van der Waals surface area contributed by atoms with Crippen LogP contribution in [0.25, 0.3) is 11.5 Å². The van der Waals surface area contributed by atoms with Crippen LogP contribution in [-0.2, 0) is 0 Å². The molecule has 1 N–H and O–H groups in total. The number of carbonyl (C=O) groups excluding carboxylic acids is 1. The van der Waals surface area contributed by atoms with Gasteiger partial charge in [0.05, 0.1) is 31.3 Å². The number of hydrogen-bond acceptors (Lipinski definition) is 4. The van der Waals surface area contributed by atoms with Crippen molar-refractivity contribution in [3.8, 4) is 23.0 Å². The van der Waals surface area contributed by atoms with Crippen molar-refractivity contribution < 1.29 is 18.7 Å². The first-order valence-electron chi connectivity index (χ1n) is 9.54. The minimum absolute atomic E-state index is 0.349. The fourth-order valence-corrected chi connectivity index (χ4v) is 3.35. The lowest BCUT2D eigenvalue weighted by Gasteiger charge is -2.13. The maximum absolute atomic E-state index is 13.4. The average molecular weight is 420 g/mol. The topological polar surface area (TPSA) is 70.3 Å². The molecule has 0 atom stereocenters. The van der Waals surface area contributed by atoms with Gasteiger partial charge in [0, 0.05) is 18.5 Å². The number of methoxy groups -OCH3 is 2. The highest BCUT2D eigenvalue weighted by Gasteiger charge is 2.24. The Morgan fingerprint density at radius 2 is 1.74 bits per heavy atom. The van der Waals surface area contributed by atoms with Gasteiger partial charge in [-0.1, -0.05) is 0 Å². The molecule has 2 aromatic carbocycles. The van der Waals surface area contributed by atoms with E-state index in [4.69, 9.17) is 9.47 Å². The molecule has 0 spiro atoms. The van der Waals surface area contributed by atoms with Crippen LogP contribution in [0.15, 0.2) is 67.0 Å². The molecule has 4 aromatic rings. The summed E-state index contributed by atoms with van der Waals surface area (Å²) >= 11 is 0. The van der Waals surface area contributed by atoms with E-state index in [0.717, 1.165) is 0 Å². The van der Waals surface area contributed by atoms with Gasteiger partial charge >= 0.3 is 0 Å². The summed E-state index contributed by atoms with van der Waals surface area (Å²) in [6.07, 6.45) is 3.64. The van der Waals surface area contributed by atoms with Crippen molar-refractivity contribution in [2.45, 2.75) is 6.92 Å².